The molecule has 13 nitrogen and oxygen atoms in total. The first-order chi connectivity index (χ1) is 22.5. The van der Waals surface area contributed by atoms with Crippen molar-refractivity contribution in [1.29, 1.82) is 0 Å². The Morgan fingerprint density at radius 1 is 1.21 bits per heavy atom. The van der Waals surface area contributed by atoms with Crippen LogP contribution in [0, 0.1) is 28.6 Å². The van der Waals surface area contributed by atoms with E-state index in [1.807, 2.05) is 0 Å². The van der Waals surface area contributed by atoms with E-state index in [9.17, 15) is 34.2 Å². The molecule has 3 heterocycles. The fourth-order valence-electron chi connectivity index (χ4n) is 8.93. The van der Waals surface area contributed by atoms with Crippen molar-refractivity contribution < 1.29 is 62.3 Å². The van der Waals surface area contributed by atoms with Crippen LogP contribution in [-0.2, 0) is 47.7 Å². The molecular weight excluding hydrogens is 628 g/mol. The molecule has 0 spiro atoms. The Hall–Kier alpha value is -3.97. The van der Waals surface area contributed by atoms with Gasteiger partial charge >= 0.3 is 23.9 Å². The van der Waals surface area contributed by atoms with Gasteiger partial charge in [0.1, 0.15) is 36.1 Å². The molecule has 13 heteroatoms. The second kappa shape index (κ2) is 12.5. The number of carbonyl (C=O) groups excluding carboxylic acids is 5. The van der Waals surface area contributed by atoms with Gasteiger partial charge in [-0.2, -0.15) is 0 Å². The van der Waals surface area contributed by atoms with Crippen LogP contribution in [0.15, 0.2) is 47.3 Å². The van der Waals surface area contributed by atoms with Crippen LogP contribution in [0.2, 0.25) is 0 Å². The van der Waals surface area contributed by atoms with Gasteiger partial charge in [-0.05, 0) is 36.5 Å². The quantitative estimate of drug-likeness (QED) is 0.169. The van der Waals surface area contributed by atoms with Crippen molar-refractivity contribution in [3.8, 4) is 0 Å². The van der Waals surface area contributed by atoms with Gasteiger partial charge in [0.25, 0.3) is 6.47 Å². The molecule has 12 atom stereocenters. The van der Waals surface area contributed by atoms with Crippen LogP contribution in [0.4, 0.5) is 0 Å². The van der Waals surface area contributed by atoms with Gasteiger partial charge in [-0.3, -0.25) is 14.4 Å². The van der Waals surface area contributed by atoms with E-state index in [1.54, 1.807) is 40.7 Å². The predicted molar refractivity (Wildman–Crippen MR) is 164 cm³/mol. The zero-order valence-electron chi connectivity index (χ0n) is 28.0. The summed E-state index contributed by atoms with van der Waals surface area (Å²) in [6.07, 6.45) is 0.145. The number of furan rings is 1. The maximum absolute atomic E-state index is 13.7. The first-order valence-corrected chi connectivity index (χ1v) is 16.2. The maximum Gasteiger partial charge on any atom is 0.335 e. The zero-order chi connectivity index (χ0) is 35.4. The van der Waals surface area contributed by atoms with Crippen LogP contribution in [0.1, 0.15) is 72.3 Å². The normalized spacial score (nSPS) is 40.3. The van der Waals surface area contributed by atoms with Crippen molar-refractivity contribution in [2.75, 3.05) is 6.61 Å². The Morgan fingerprint density at radius 3 is 2.52 bits per heavy atom. The largest absolute Gasteiger partial charge is 0.472 e. The minimum absolute atomic E-state index is 0.0231. The Bertz CT molecular complexity index is 1500. The monoisotopic (exact) mass is 672 g/mol. The Morgan fingerprint density at radius 2 is 1.92 bits per heavy atom. The van der Waals surface area contributed by atoms with Gasteiger partial charge in [0, 0.05) is 36.2 Å². The smallest absolute Gasteiger partial charge is 0.335 e. The highest BCUT2D eigenvalue weighted by Gasteiger charge is 2.77. The first kappa shape index (κ1) is 35.3. The third kappa shape index (κ3) is 5.26. The number of rotatable bonds is 9. The van der Waals surface area contributed by atoms with E-state index in [2.05, 4.69) is 6.58 Å². The third-order valence-corrected chi connectivity index (χ3v) is 11.6. The number of cyclic esters (lactones) is 1. The highest BCUT2D eigenvalue weighted by Crippen LogP contribution is 2.69. The molecule has 1 aromatic rings. The van der Waals surface area contributed by atoms with E-state index in [-0.39, 0.29) is 31.5 Å². The van der Waals surface area contributed by atoms with Crippen molar-refractivity contribution in [1.82, 2.24) is 0 Å². The molecule has 2 aliphatic carbocycles. The average molecular weight is 673 g/mol. The summed E-state index contributed by atoms with van der Waals surface area (Å²) in [5, 5.41) is 24.2. The summed E-state index contributed by atoms with van der Waals surface area (Å²) in [5.41, 5.74) is -5.87. The van der Waals surface area contributed by atoms with Crippen LogP contribution in [0.25, 0.3) is 0 Å². The molecule has 48 heavy (non-hydrogen) atoms. The predicted octanol–water partition coefficient (Wildman–Crippen LogP) is 2.92. The lowest BCUT2D eigenvalue weighted by Crippen LogP contribution is -2.71. The van der Waals surface area contributed by atoms with E-state index in [0.717, 1.165) is 0 Å². The fraction of sp³-hybridized carbons (Fsp3) is 0.629. The standard InChI is InChI=1S/C35H44O13/c1-8-18(2)28(40)31(41)47-30-29(45-17-36)27(32(5)11-9-25(38)48-33(6)16-44-26(39)14-23(32)33)19(3)35(42)24(46-20(4)37)13-22(34(30,35)7)21-10-12-43-15-21/h9-12,15,17-18,22-24,27-30,40,42H,3,8,13-14,16H2,1-2,4-7H3/t18-,22-,23+,24+,27+,28+,29+,30-,32-,33+,34+,35+/m0/s1. The molecule has 2 N–H and O–H groups in total. The molecule has 5 rings (SSSR count). The summed E-state index contributed by atoms with van der Waals surface area (Å²) in [7, 11) is 0. The van der Waals surface area contributed by atoms with E-state index in [1.165, 1.54) is 31.6 Å². The summed E-state index contributed by atoms with van der Waals surface area (Å²) in [6, 6.07) is 1.67. The average Bonchev–Trinajstić information content (AvgIpc) is 3.62. The van der Waals surface area contributed by atoms with Crippen LogP contribution < -0.4 is 0 Å². The van der Waals surface area contributed by atoms with Crippen LogP contribution in [0.5, 0.6) is 0 Å². The van der Waals surface area contributed by atoms with Gasteiger partial charge in [0.05, 0.1) is 24.4 Å². The molecule has 0 amide bonds. The minimum atomic E-state index is -2.17. The van der Waals surface area contributed by atoms with Crippen molar-refractivity contribution in [3.05, 3.63) is 48.5 Å². The van der Waals surface area contributed by atoms with Gasteiger partial charge in [-0.1, -0.05) is 46.8 Å². The second-order valence-corrected chi connectivity index (χ2v) is 14.2. The SMILES string of the molecule is C=C1[C@@H]([C@@]2(C)C=CC(=O)O[C@]3(C)COC(=O)C[C@H]23)[C@@H](OC=O)[C@H](OC(=O)[C@H](O)[C@@H](C)CC)[C@@]2(C)[C@H](c3ccoc3)C[C@@H](OC(C)=O)[C@]12O. The number of ether oxygens (including phenoxy) is 5. The van der Waals surface area contributed by atoms with Crippen LogP contribution in [0.3, 0.4) is 0 Å². The Balaban J connectivity index is 1.79. The topological polar surface area (TPSA) is 185 Å². The number of carbonyl (C=O) groups is 5. The summed E-state index contributed by atoms with van der Waals surface area (Å²) >= 11 is 0. The lowest BCUT2D eigenvalue weighted by atomic mass is 9.47. The minimum Gasteiger partial charge on any atom is -0.472 e. The summed E-state index contributed by atoms with van der Waals surface area (Å²) < 4.78 is 34.4. The van der Waals surface area contributed by atoms with Crippen molar-refractivity contribution >= 4 is 30.3 Å². The van der Waals surface area contributed by atoms with Crippen LogP contribution in [-0.4, -0.2) is 82.8 Å². The molecule has 0 radical (unpaired) electrons. The molecule has 0 aromatic carbocycles. The highest BCUT2D eigenvalue weighted by molar-refractivity contribution is 5.83. The van der Waals surface area contributed by atoms with E-state index >= 15 is 0 Å². The zero-order valence-corrected chi connectivity index (χ0v) is 28.0. The number of aliphatic hydroxyl groups is 2. The van der Waals surface area contributed by atoms with Crippen molar-refractivity contribution in [2.45, 2.75) is 102 Å². The first-order valence-electron chi connectivity index (χ1n) is 16.2. The summed E-state index contributed by atoms with van der Waals surface area (Å²) in [6.45, 7) is 13.9. The number of esters is 4. The third-order valence-electron chi connectivity index (χ3n) is 11.6. The maximum atomic E-state index is 13.7. The number of allylic oxidation sites excluding steroid dienone is 1. The Labute approximate surface area is 278 Å². The van der Waals surface area contributed by atoms with E-state index in [0.29, 0.717) is 12.0 Å². The fourth-order valence-corrected chi connectivity index (χ4v) is 8.93. The molecule has 4 aliphatic rings. The molecule has 1 saturated heterocycles. The molecule has 3 fully saturated rings. The molecule has 262 valence electrons. The molecule has 1 aromatic heterocycles. The highest BCUT2D eigenvalue weighted by atomic mass is 16.6. The summed E-state index contributed by atoms with van der Waals surface area (Å²) in [4.78, 5) is 64.4. The number of hydrogen-bond donors (Lipinski definition) is 2. The van der Waals surface area contributed by atoms with E-state index < -0.39 is 94.0 Å². The molecular formula is C35H44O13. The lowest BCUT2D eigenvalue weighted by Gasteiger charge is -2.61. The van der Waals surface area contributed by atoms with Gasteiger partial charge in [0.15, 0.2) is 6.10 Å². The van der Waals surface area contributed by atoms with Gasteiger partial charge < -0.3 is 38.3 Å². The number of hydrogen-bond acceptors (Lipinski definition) is 13. The van der Waals surface area contributed by atoms with Gasteiger partial charge in [-0.15, -0.1) is 0 Å². The van der Waals surface area contributed by atoms with Crippen molar-refractivity contribution in [2.24, 2.45) is 28.6 Å². The van der Waals surface area contributed by atoms with E-state index in [4.69, 9.17) is 28.1 Å². The van der Waals surface area contributed by atoms with Gasteiger partial charge in [-0.25, -0.2) is 9.59 Å². The molecule has 2 saturated carbocycles. The van der Waals surface area contributed by atoms with Crippen molar-refractivity contribution in [3.63, 3.8) is 0 Å². The van der Waals surface area contributed by atoms with Gasteiger partial charge in [0.2, 0.25) is 0 Å². The Kier molecular flexibility index (Phi) is 9.19. The molecule has 2 aliphatic heterocycles. The molecule has 0 unspecified atom stereocenters. The summed E-state index contributed by atoms with van der Waals surface area (Å²) in [5.74, 6) is -6.21. The molecule has 0 bridgehead atoms. The lowest BCUT2D eigenvalue weighted by molar-refractivity contribution is -0.243. The van der Waals surface area contributed by atoms with Crippen LogP contribution >= 0.6 is 0 Å². The number of fused-ring (bicyclic) bond motifs is 2. The number of aliphatic hydroxyl groups excluding tert-OH is 1. The second-order valence-electron chi connectivity index (χ2n) is 14.2.